The van der Waals surface area contributed by atoms with Gasteiger partial charge in [0.15, 0.2) is 0 Å². The number of carbonyl (C=O) groups excluding carboxylic acids is 2. The summed E-state index contributed by atoms with van der Waals surface area (Å²) in [5.41, 5.74) is 1.83. The van der Waals surface area contributed by atoms with E-state index in [1.165, 1.54) is 0 Å². The molecule has 2 rings (SSSR count). The van der Waals surface area contributed by atoms with Crippen LogP contribution in [0.25, 0.3) is 0 Å². The van der Waals surface area contributed by atoms with E-state index in [0.717, 1.165) is 16.5 Å². The van der Waals surface area contributed by atoms with E-state index in [1.807, 2.05) is 42.5 Å². The number of nitrogens with one attached hydrogen (secondary N) is 2. The first kappa shape index (κ1) is 16.2. The molecule has 2 N–H and O–H groups in total. The van der Waals surface area contributed by atoms with Gasteiger partial charge in [0, 0.05) is 16.7 Å². The van der Waals surface area contributed by atoms with E-state index in [4.69, 9.17) is 0 Å². The predicted octanol–water partition coefficient (Wildman–Crippen LogP) is 3.14. The zero-order valence-electron chi connectivity index (χ0n) is 12.0. The molecule has 22 heavy (non-hydrogen) atoms. The lowest BCUT2D eigenvalue weighted by molar-refractivity contribution is -0.126. The van der Waals surface area contributed by atoms with E-state index in [9.17, 15) is 9.59 Å². The largest absolute Gasteiger partial charge is 0.355 e. The Kier molecular flexibility index (Phi) is 6.15. The summed E-state index contributed by atoms with van der Waals surface area (Å²) in [5.74, 6) is -0.593. The summed E-state index contributed by atoms with van der Waals surface area (Å²) < 4.78 is 0.934. The predicted molar refractivity (Wildman–Crippen MR) is 90.5 cm³/mol. The van der Waals surface area contributed by atoms with Crippen molar-refractivity contribution in [1.29, 1.82) is 0 Å². The highest BCUT2D eigenvalue weighted by Crippen LogP contribution is 2.14. The lowest BCUT2D eigenvalue weighted by Crippen LogP contribution is -2.29. The molecule has 0 fully saturated rings. The first-order valence-electron chi connectivity index (χ1n) is 6.99. The minimum Gasteiger partial charge on any atom is -0.355 e. The molecular formula is C17H17BrN2O2. The monoisotopic (exact) mass is 360 g/mol. The number of hydrogen-bond acceptors (Lipinski definition) is 2. The molecule has 0 aromatic heterocycles. The van der Waals surface area contributed by atoms with Crippen LogP contribution in [0.15, 0.2) is 59.1 Å². The van der Waals surface area contributed by atoms with Gasteiger partial charge in [-0.1, -0.05) is 46.3 Å². The summed E-state index contributed by atoms with van der Waals surface area (Å²) in [6, 6.07) is 17.1. The fourth-order valence-electron chi connectivity index (χ4n) is 1.94. The average molecular weight is 361 g/mol. The van der Waals surface area contributed by atoms with Gasteiger partial charge in [-0.05, 0) is 36.2 Å². The van der Waals surface area contributed by atoms with Crippen LogP contribution in [-0.4, -0.2) is 18.4 Å². The van der Waals surface area contributed by atoms with Crippen molar-refractivity contribution in [3.05, 3.63) is 64.6 Å². The molecular weight excluding hydrogens is 344 g/mol. The molecule has 0 saturated carbocycles. The number of rotatable bonds is 6. The van der Waals surface area contributed by atoms with Gasteiger partial charge in [0.1, 0.15) is 6.42 Å². The minimum absolute atomic E-state index is 0.176. The number of amides is 2. The third-order valence-corrected chi connectivity index (χ3v) is 3.56. The smallest absolute Gasteiger partial charge is 0.233 e. The van der Waals surface area contributed by atoms with Crippen LogP contribution in [0, 0.1) is 0 Å². The molecule has 0 aliphatic rings. The highest BCUT2D eigenvalue weighted by molar-refractivity contribution is 9.10. The molecule has 2 amide bonds. The van der Waals surface area contributed by atoms with Crippen LogP contribution >= 0.6 is 15.9 Å². The van der Waals surface area contributed by atoms with Crippen LogP contribution in [0.3, 0.4) is 0 Å². The second kappa shape index (κ2) is 8.34. The van der Waals surface area contributed by atoms with Crippen LogP contribution in [0.2, 0.25) is 0 Å². The van der Waals surface area contributed by atoms with E-state index >= 15 is 0 Å². The number of carbonyl (C=O) groups is 2. The molecule has 0 bridgehead atoms. The highest BCUT2D eigenvalue weighted by atomic mass is 79.9. The van der Waals surface area contributed by atoms with Crippen molar-refractivity contribution in [1.82, 2.24) is 5.32 Å². The first-order valence-corrected chi connectivity index (χ1v) is 7.79. The second-order valence-electron chi connectivity index (χ2n) is 4.82. The Labute approximate surface area is 138 Å². The number of halogens is 1. The molecule has 114 valence electrons. The van der Waals surface area contributed by atoms with Gasteiger partial charge in [0.2, 0.25) is 11.8 Å². The third-order valence-electron chi connectivity index (χ3n) is 3.03. The number of anilines is 1. The van der Waals surface area contributed by atoms with E-state index < -0.39 is 0 Å². The van der Waals surface area contributed by atoms with Crippen molar-refractivity contribution in [2.45, 2.75) is 12.8 Å². The summed E-state index contributed by atoms with van der Waals surface area (Å²) >= 11 is 3.32. The van der Waals surface area contributed by atoms with Gasteiger partial charge < -0.3 is 10.6 Å². The summed E-state index contributed by atoms with van der Waals surface area (Å²) in [6.07, 6.45) is 0.575. The molecule has 4 nitrogen and oxygen atoms in total. The van der Waals surface area contributed by atoms with Crippen molar-refractivity contribution in [2.75, 3.05) is 11.9 Å². The molecule has 0 unspecified atom stereocenters. The van der Waals surface area contributed by atoms with Gasteiger partial charge in [-0.15, -0.1) is 0 Å². The summed E-state index contributed by atoms with van der Waals surface area (Å²) in [7, 11) is 0. The molecule has 0 aliphatic carbocycles. The zero-order chi connectivity index (χ0) is 15.8. The maximum Gasteiger partial charge on any atom is 0.233 e. The van der Waals surface area contributed by atoms with Crippen LogP contribution in [-0.2, 0) is 16.0 Å². The highest BCUT2D eigenvalue weighted by Gasteiger charge is 2.09. The number of hydrogen-bond donors (Lipinski definition) is 2. The van der Waals surface area contributed by atoms with Crippen molar-refractivity contribution < 1.29 is 9.59 Å². The van der Waals surface area contributed by atoms with Crippen LogP contribution in [0.1, 0.15) is 12.0 Å². The molecule has 0 atom stereocenters. The van der Waals surface area contributed by atoms with Gasteiger partial charge in [0.05, 0.1) is 0 Å². The molecule has 2 aromatic carbocycles. The van der Waals surface area contributed by atoms with E-state index in [-0.39, 0.29) is 18.2 Å². The quantitative estimate of drug-likeness (QED) is 0.777. The van der Waals surface area contributed by atoms with Crippen LogP contribution in [0.4, 0.5) is 5.69 Å². The maximum absolute atomic E-state index is 11.8. The lowest BCUT2D eigenvalue weighted by atomic mass is 10.1. The van der Waals surface area contributed by atoms with Gasteiger partial charge in [-0.2, -0.15) is 0 Å². The Hall–Kier alpha value is -2.14. The molecule has 0 heterocycles. The van der Waals surface area contributed by atoms with Gasteiger partial charge in [-0.3, -0.25) is 9.59 Å². The van der Waals surface area contributed by atoms with Gasteiger partial charge in [0.25, 0.3) is 0 Å². The van der Waals surface area contributed by atoms with Gasteiger partial charge >= 0.3 is 0 Å². The molecule has 2 aromatic rings. The van der Waals surface area contributed by atoms with E-state index in [1.54, 1.807) is 12.1 Å². The Morgan fingerprint density at radius 2 is 1.59 bits per heavy atom. The Morgan fingerprint density at radius 3 is 2.27 bits per heavy atom. The average Bonchev–Trinajstić information content (AvgIpc) is 2.50. The number of benzene rings is 2. The van der Waals surface area contributed by atoms with Crippen molar-refractivity contribution in [3.63, 3.8) is 0 Å². The Bertz CT molecular complexity index is 627. The van der Waals surface area contributed by atoms with E-state index in [0.29, 0.717) is 12.2 Å². The molecule has 5 heteroatoms. The standard InChI is InChI=1S/C17H17BrN2O2/c18-14-6-8-15(9-7-14)20-17(22)12-16(21)19-11-10-13-4-2-1-3-5-13/h1-9H,10-12H2,(H,19,21)(H,20,22). The van der Waals surface area contributed by atoms with Crippen LogP contribution < -0.4 is 10.6 Å². The Balaban J connectivity index is 1.70. The summed E-state index contributed by atoms with van der Waals surface area (Å²) in [6.45, 7) is 0.522. The first-order chi connectivity index (χ1) is 10.6. The SMILES string of the molecule is O=C(CC(=O)Nc1ccc(Br)cc1)NCCc1ccccc1. The molecule has 0 saturated heterocycles. The third kappa shape index (κ3) is 5.69. The fraction of sp³-hybridized carbons (Fsp3) is 0.176. The molecule has 0 aliphatic heterocycles. The Morgan fingerprint density at radius 1 is 0.909 bits per heavy atom. The minimum atomic E-state index is -0.320. The summed E-state index contributed by atoms with van der Waals surface area (Å²) in [4.78, 5) is 23.5. The fourth-order valence-corrected chi connectivity index (χ4v) is 2.20. The second-order valence-corrected chi connectivity index (χ2v) is 5.73. The lowest BCUT2D eigenvalue weighted by Gasteiger charge is -2.07. The van der Waals surface area contributed by atoms with E-state index in [2.05, 4.69) is 26.6 Å². The maximum atomic E-state index is 11.8. The normalized spacial score (nSPS) is 10.0. The van der Waals surface area contributed by atoms with Crippen molar-refractivity contribution >= 4 is 33.4 Å². The van der Waals surface area contributed by atoms with Crippen molar-refractivity contribution in [2.24, 2.45) is 0 Å². The van der Waals surface area contributed by atoms with Crippen LogP contribution in [0.5, 0.6) is 0 Å². The summed E-state index contributed by atoms with van der Waals surface area (Å²) in [5, 5.41) is 5.44. The van der Waals surface area contributed by atoms with Crippen molar-refractivity contribution in [3.8, 4) is 0 Å². The topological polar surface area (TPSA) is 58.2 Å². The molecule has 0 spiro atoms. The van der Waals surface area contributed by atoms with Gasteiger partial charge in [-0.25, -0.2) is 0 Å². The molecule has 0 radical (unpaired) electrons. The zero-order valence-corrected chi connectivity index (χ0v) is 13.6.